The Hall–Kier alpha value is -6.03. The Bertz CT molecular complexity index is 2460. The van der Waals surface area contributed by atoms with Crippen LogP contribution < -0.4 is 20.0 Å². The van der Waals surface area contributed by atoms with E-state index in [4.69, 9.17) is 11.6 Å². The molecule has 5 amide bonds. The Morgan fingerprint density at radius 1 is 0.776 bits per heavy atom. The van der Waals surface area contributed by atoms with E-state index >= 15 is 0 Å². The van der Waals surface area contributed by atoms with Crippen molar-refractivity contribution < 1.29 is 24.0 Å². The second-order valence-electron chi connectivity index (χ2n) is 16.4. The van der Waals surface area contributed by atoms with Crippen molar-refractivity contribution in [2.45, 2.75) is 51.1 Å². The van der Waals surface area contributed by atoms with Gasteiger partial charge in [0.2, 0.25) is 17.7 Å². The van der Waals surface area contributed by atoms with Crippen LogP contribution in [-0.4, -0.2) is 90.7 Å². The topological polar surface area (TPSA) is 137 Å². The maximum Gasteiger partial charge on any atom is 0.262 e. The zero-order valence-corrected chi connectivity index (χ0v) is 33.3. The summed E-state index contributed by atoms with van der Waals surface area (Å²) >= 11 is 6.34. The minimum atomic E-state index is -0.978. The van der Waals surface area contributed by atoms with Crippen molar-refractivity contribution in [3.8, 4) is 17.2 Å². The van der Waals surface area contributed by atoms with Gasteiger partial charge in [0.25, 0.3) is 11.8 Å². The summed E-state index contributed by atoms with van der Waals surface area (Å²) in [5.41, 5.74) is 6.78. The number of benzene rings is 4. The minimum Gasteiger partial charge on any atom is -0.371 e. The van der Waals surface area contributed by atoms with Gasteiger partial charge in [-0.05, 0) is 105 Å². The van der Waals surface area contributed by atoms with Gasteiger partial charge in [0.15, 0.2) is 0 Å². The zero-order valence-electron chi connectivity index (χ0n) is 32.5. The van der Waals surface area contributed by atoms with Crippen molar-refractivity contribution in [2.24, 2.45) is 5.92 Å². The fourth-order valence-corrected chi connectivity index (χ4v) is 9.36. The van der Waals surface area contributed by atoms with Crippen LogP contribution in [0.4, 0.5) is 22.7 Å². The highest BCUT2D eigenvalue weighted by Crippen LogP contribution is 2.47. The van der Waals surface area contributed by atoms with Crippen LogP contribution >= 0.6 is 11.6 Å². The summed E-state index contributed by atoms with van der Waals surface area (Å²) < 4.78 is 0. The lowest BCUT2D eigenvalue weighted by Gasteiger charge is -2.49. The summed E-state index contributed by atoms with van der Waals surface area (Å²) in [6.45, 7) is 11.5. The van der Waals surface area contributed by atoms with Gasteiger partial charge in [-0.15, -0.1) is 0 Å². The van der Waals surface area contributed by atoms with Crippen LogP contribution in [0.25, 0.3) is 11.1 Å². The number of rotatable bonds is 7. The first-order valence-electron chi connectivity index (χ1n) is 19.7. The molecule has 5 aliphatic rings. The van der Waals surface area contributed by atoms with Crippen LogP contribution in [0.1, 0.15) is 65.5 Å². The SMILES string of the molecule is CC(C1CN(c2ccc(-c3ccc4c(c3)C(C)(C)C(=O)N4c3ccc(C#N)c(Cl)c3)cc2)C1)N1CCN(c2ccc3c(c2)C(=O)N(C2CCC(=O)NC2=O)C3=O)CC1. The molecule has 0 radical (unpaired) electrons. The lowest BCUT2D eigenvalue weighted by Crippen LogP contribution is -2.59. The fourth-order valence-electron chi connectivity index (χ4n) is 9.14. The molecule has 0 aliphatic carbocycles. The summed E-state index contributed by atoms with van der Waals surface area (Å²) in [6.07, 6.45) is 0.222. The molecule has 4 aromatic carbocycles. The van der Waals surface area contributed by atoms with E-state index in [0.717, 1.165) is 72.2 Å². The maximum atomic E-state index is 13.7. The number of imide groups is 2. The number of amides is 5. The van der Waals surface area contributed by atoms with E-state index in [-0.39, 0.29) is 18.7 Å². The second-order valence-corrected chi connectivity index (χ2v) is 16.8. The number of carbonyl (C=O) groups is 5. The number of piperazine rings is 1. The molecule has 0 saturated carbocycles. The molecule has 294 valence electrons. The van der Waals surface area contributed by atoms with E-state index in [1.807, 2.05) is 32.0 Å². The number of carbonyl (C=O) groups excluding carboxylic acids is 5. The van der Waals surface area contributed by atoms with E-state index in [1.54, 1.807) is 35.2 Å². The minimum absolute atomic E-state index is 0.0451. The molecule has 1 N–H and O–H groups in total. The molecule has 0 bridgehead atoms. The van der Waals surface area contributed by atoms with Crippen molar-refractivity contribution in [3.63, 3.8) is 0 Å². The van der Waals surface area contributed by atoms with Crippen LogP contribution in [0.2, 0.25) is 5.02 Å². The molecule has 12 nitrogen and oxygen atoms in total. The Morgan fingerprint density at radius 2 is 1.45 bits per heavy atom. The molecule has 0 aromatic heterocycles. The smallest absolute Gasteiger partial charge is 0.262 e. The van der Waals surface area contributed by atoms with Gasteiger partial charge < -0.3 is 9.80 Å². The van der Waals surface area contributed by atoms with Crippen molar-refractivity contribution in [3.05, 3.63) is 106 Å². The van der Waals surface area contributed by atoms with Crippen LogP contribution in [0, 0.1) is 17.2 Å². The number of nitrogens with one attached hydrogen (secondary N) is 1. The van der Waals surface area contributed by atoms with Crippen molar-refractivity contribution >= 4 is 63.9 Å². The van der Waals surface area contributed by atoms with Crippen LogP contribution in [-0.2, 0) is 19.8 Å². The van der Waals surface area contributed by atoms with Crippen LogP contribution in [0.5, 0.6) is 0 Å². The number of halogens is 1. The molecule has 3 saturated heterocycles. The quantitative estimate of drug-likeness (QED) is 0.228. The van der Waals surface area contributed by atoms with Crippen LogP contribution in [0.3, 0.4) is 0 Å². The van der Waals surface area contributed by atoms with Crippen molar-refractivity contribution in [2.75, 3.05) is 54.0 Å². The van der Waals surface area contributed by atoms with Gasteiger partial charge in [-0.3, -0.25) is 44.0 Å². The first kappa shape index (κ1) is 37.5. The van der Waals surface area contributed by atoms with E-state index in [2.05, 4.69) is 63.3 Å². The second kappa shape index (κ2) is 14.1. The standard InChI is InChI=1S/C45H42ClN7O5/c1-26(49-16-18-50(19-17-49)32-11-12-34-35(21-32)43(57)53(42(34)56)39-14-15-40(54)48-41(39)55)30-24-51(25-30)31-8-4-27(5-9-31)28-7-13-38-36(20-28)45(2,3)44(58)52(38)33-10-6-29(23-47)37(46)22-33/h4-13,20-22,26,30,39H,14-19,24-25H2,1-3H3,(H,48,54,55). The summed E-state index contributed by atoms with van der Waals surface area (Å²) in [5, 5.41) is 11.9. The molecule has 9 rings (SSSR count). The number of hydrogen-bond acceptors (Lipinski definition) is 9. The monoisotopic (exact) mass is 795 g/mol. The molecule has 13 heteroatoms. The average Bonchev–Trinajstić information content (AvgIpc) is 3.57. The molecular formula is C45H42ClN7O5. The largest absolute Gasteiger partial charge is 0.371 e. The molecule has 2 atom stereocenters. The number of piperidine rings is 1. The number of hydrogen-bond donors (Lipinski definition) is 1. The highest BCUT2D eigenvalue weighted by molar-refractivity contribution is 6.32. The molecule has 2 unspecified atom stereocenters. The van der Waals surface area contributed by atoms with Crippen molar-refractivity contribution in [1.82, 2.24) is 15.1 Å². The average molecular weight is 796 g/mol. The molecule has 5 aliphatic heterocycles. The molecule has 58 heavy (non-hydrogen) atoms. The number of nitriles is 1. The van der Waals surface area contributed by atoms with Gasteiger partial charge in [0.1, 0.15) is 12.1 Å². The number of nitrogens with zero attached hydrogens (tertiary/aromatic N) is 6. The normalized spacial score (nSPS) is 21.2. The van der Waals surface area contributed by atoms with E-state index < -0.39 is 35.1 Å². The van der Waals surface area contributed by atoms with Gasteiger partial charge in [0, 0.05) is 69.0 Å². The van der Waals surface area contributed by atoms with Gasteiger partial charge in [-0.1, -0.05) is 29.8 Å². The Kier molecular flexibility index (Phi) is 9.13. The number of anilines is 4. The van der Waals surface area contributed by atoms with E-state index in [9.17, 15) is 29.2 Å². The lowest BCUT2D eigenvalue weighted by molar-refractivity contribution is -0.136. The predicted octanol–water partition coefficient (Wildman–Crippen LogP) is 5.88. The fraction of sp³-hybridized carbons (Fsp3) is 0.333. The third-order valence-electron chi connectivity index (χ3n) is 12.8. The third-order valence-corrected chi connectivity index (χ3v) is 13.1. The van der Waals surface area contributed by atoms with E-state index in [0.29, 0.717) is 39.4 Å². The highest BCUT2D eigenvalue weighted by Gasteiger charge is 2.46. The Morgan fingerprint density at radius 3 is 2.14 bits per heavy atom. The zero-order chi connectivity index (χ0) is 40.6. The number of fused-ring (bicyclic) bond motifs is 2. The lowest BCUT2D eigenvalue weighted by atomic mass is 9.84. The summed E-state index contributed by atoms with van der Waals surface area (Å²) in [7, 11) is 0. The van der Waals surface area contributed by atoms with E-state index in [1.165, 1.54) is 5.69 Å². The summed E-state index contributed by atoms with van der Waals surface area (Å²) in [4.78, 5) is 74.2. The highest BCUT2D eigenvalue weighted by atomic mass is 35.5. The van der Waals surface area contributed by atoms with Gasteiger partial charge in [-0.25, -0.2) is 0 Å². The summed E-state index contributed by atoms with van der Waals surface area (Å²) in [6, 6.07) is 26.7. The molecule has 5 heterocycles. The first-order valence-corrected chi connectivity index (χ1v) is 20.1. The molecule has 4 aromatic rings. The molecule has 3 fully saturated rings. The maximum absolute atomic E-state index is 13.7. The van der Waals surface area contributed by atoms with Gasteiger partial charge in [0.05, 0.1) is 38.5 Å². The molecular weight excluding hydrogens is 754 g/mol. The van der Waals surface area contributed by atoms with Crippen LogP contribution in [0.15, 0.2) is 78.9 Å². The van der Waals surface area contributed by atoms with Gasteiger partial charge >= 0.3 is 0 Å². The predicted molar refractivity (Wildman–Crippen MR) is 220 cm³/mol. The Labute approximate surface area is 341 Å². The Balaban J connectivity index is 0.801. The first-order chi connectivity index (χ1) is 27.8. The molecule has 0 spiro atoms. The third kappa shape index (κ3) is 6.12. The van der Waals surface area contributed by atoms with Crippen molar-refractivity contribution in [1.29, 1.82) is 5.26 Å². The van der Waals surface area contributed by atoms with Gasteiger partial charge in [-0.2, -0.15) is 5.26 Å². The summed E-state index contributed by atoms with van der Waals surface area (Å²) in [5.74, 6) is -1.50.